The maximum atomic E-state index is 11.6. The van der Waals surface area contributed by atoms with Gasteiger partial charge in [-0.05, 0) is 40.5 Å². The molecule has 0 radical (unpaired) electrons. The minimum atomic E-state index is -0.198. The van der Waals surface area contributed by atoms with Crippen molar-refractivity contribution in [2.75, 3.05) is 17.7 Å². The summed E-state index contributed by atoms with van der Waals surface area (Å²) in [4.78, 5) is 20.2. The summed E-state index contributed by atoms with van der Waals surface area (Å²) in [5, 5.41) is 0. The molecule has 0 aliphatic heterocycles. The van der Waals surface area contributed by atoms with Crippen LogP contribution in [0.25, 0.3) is 0 Å². The Morgan fingerprint density at radius 1 is 1.47 bits per heavy atom. The van der Waals surface area contributed by atoms with Gasteiger partial charge >= 0.3 is 0 Å². The van der Waals surface area contributed by atoms with Crippen molar-refractivity contribution in [1.29, 1.82) is 0 Å². The van der Waals surface area contributed by atoms with E-state index in [1.54, 1.807) is 0 Å². The first-order chi connectivity index (χ1) is 9.00. The lowest BCUT2D eigenvalue weighted by molar-refractivity contribution is 0.724. The number of aromatic amines is 1. The molecule has 2 aromatic rings. The van der Waals surface area contributed by atoms with Gasteiger partial charge in [-0.15, -0.1) is 0 Å². The van der Waals surface area contributed by atoms with Crippen LogP contribution in [0.15, 0.2) is 39.9 Å². The molecule has 0 saturated heterocycles. The molecule has 2 rings (SSSR count). The second kappa shape index (κ2) is 5.44. The first-order valence-corrected chi connectivity index (χ1v) is 6.61. The van der Waals surface area contributed by atoms with E-state index in [2.05, 4.69) is 25.9 Å². The van der Waals surface area contributed by atoms with Gasteiger partial charge in [0, 0.05) is 12.7 Å². The summed E-state index contributed by atoms with van der Waals surface area (Å²) >= 11 is 3.26. The molecule has 0 amide bonds. The Kier molecular flexibility index (Phi) is 3.90. The lowest BCUT2D eigenvalue weighted by atomic mass is 10.1. The zero-order valence-corrected chi connectivity index (χ0v) is 12.3. The van der Waals surface area contributed by atoms with Crippen LogP contribution in [-0.4, -0.2) is 17.0 Å². The van der Waals surface area contributed by atoms with Gasteiger partial charge in [-0.3, -0.25) is 4.79 Å². The number of aromatic nitrogens is 2. The van der Waals surface area contributed by atoms with Gasteiger partial charge in [0.2, 0.25) is 0 Å². The van der Waals surface area contributed by atoms with Crippen LogP contribution in [0.2, 0.25) is 0 Å². The highest BCUT2D eigenvalue weighted by molar-refractivity contribution is 9.10. The quantitative estimate of drug-likeness (QED) is 0.850. The molecular weight excluding hydrogens is 308 g/mol. The number of benzene rings is 1. The Morgan fingerprint density at radius 3 is 2.89 bits per heavy atom. The van der Waals surface area contributed by atoms with Gasteiger partial charge in [0.05, 0.1) is 12.4 Å². The third kappa shape index (κ3) is 2.78. The lowest BCUT2D eigenvalue weighted by Crippen LogP contribution is -2.25. The molecule has 0 aliphatic carbocycles. The van der Waals surface area contributed by atoms with Gasteiger partial charge in [0.1, 0.15) is 4.47 Å². The van der Waals surface area contributed by atoms with E-state index in [-0.39, 0.29) is 11.6 Å². The van der Waals surface area contributed by atoms with Crippen LogP contribution in [0, 0.1) is 0 Å². The zero-order valence-electron chi connectivity index (χ0n) is 10.7. The van der Waals surface area contributed by atoms with Crippen molar-refractivity contribution in [2.24, 2.45) is 0 Å². The molecule has 0 saturated carbocycles. The van der Waals surface area contributed by atoms with E-state index in [1.807, 2.05) is 43.1 Å². The number of H-pyrrole nitrogens is 1. The molecule has 1 heterocycles. The normalized spacial score (nSPS) is 12.2. The summed E-state index contributed by atoms with van der Waals surface area (Å²) in [6.07, 6.45) is 1.39. The van der Waals surface area contributed by atoms with Gasteiger partial charge < -0.3 is 15.6 Å². The second-order valence-corrected chi connectivity index (χ2v) is 5.12. The Bertz CT molecular complexity index is 641. The second-order valence-electron chi connectivity index (χ2n) is 4.33. The standard InChI is InChI=1S/C13H15BrN4O/c1-8(9-4-3-5-10(15)6-9)18(2)12-11(14)13(19)17-7-16-12/h3-8H,15H2,1-2H3,(H,16,17,19). The van der Waals surface area contributed by atoms with E-state index in [4.69, 9.17) is 5.73 Å². The van der Waals surface area contributed by atoms with Gasteiger partial charge in [0.15, 0.2) is 5.82 Å². The molecular formula is C13H15BrN4O. The van der Waals surface area contributed by atoms with E-state index < -0.39 is 0 Å². The van der Waals surface area contributed by atoms with E-state index in [0.29, 0.717) is 10.3 Å². The Hall–Kier alpha value is -1.82. The fraction of sp³-hybridized carbons (Fsp3) is 0.231. The highest BCUT2D eigenvalue weighted by Gasteiger charge is 2.17. The van der Waals surface area contributed by atoms with Crippen molar-refractivity contribution >= 4 is 27.4 Å². The predicted octanol–water partition coefficient (Wildman–Crippen LogP) is 2.31. The monoisotopic (exact) mass is 322 g/mol. The predicted molar refractivity (Wildman–Crippen MR) is 80.2 cm³/mol. The Labute approximate surface area is 119 Å². The van der Waals surface area contributed by atoms with Crippen molar-refractivity contribution in [3.63, 3.8) is 0 Å². The summed E-state index contributed by atoms with van der Waals surface area (Å²) in [6.45, 7) is 2.03. The highest BCUT2D eigenvalue weighted by Crippen LogP contribution is 2.27. The minimum absolute atomic E-state index is 0.0501. The number of nitrogens with one attached hydrogen (secondary N) is 1. The number of hydrogen-bond donors (Lipinski definition) is 2. The summed E-state index contributed by atoms with van der Waals surface area (Å²) in [7, 11) is 1.89. The average Bonchev–Trinajstić information content (AvgIpc) is 2.40. The minimum Gasteiger partial charge on any atom is -0.399 e. The van der Waals surface area contributed by atoms with E-state index in [0.717, 1.165) is 11.3 Å². The van der Waals surface area contributed by atoms with Crippen LogP contribution < -0.4 is 16.2 Å². The van der Waals surface area contributed by atoms with Crippen LogP contribution >= 0.6 is 15.9 Å². The van der Waals surface area contributed by atoms with E-state index in [1.165, 1.54) is 6.33 Å². The van der Waals surface area contributed by atoms with Gasteiger partial charge in [-0.25, -0.2) is 4.98 Å². The summed E-state index contributed by atoms with van der Waals surface area (Å²) in [6, 6.07) is 7.72. The van der Waals surface area contributed by atoms with Gasteiger partial charge in [-0.2, -0.15) is 0 Å². The molecule has 0 spiro atoms. The first-order valence-electron chi connectivity index (χ1n) is 5.82. The maximum absolute atomic E-state index is 11.6. The molecule has 19 heavy (non-hydrogen) atoms. The van der Waals surface area contributed by atoms with Crippen molar-refractivity contribution in [1.82, 2.24) is 9.97 Å². The van der Waals surface area contributed by atoms with E-state index in [9.17, 15) is 4.79 Å². The summed E-state index contributed by atoms with van der Waals surface area (Å²) in [5.74, 6) is 0.596. The molecule has 0 fully saturated rings. The van der Waals surface area contributed by atoms with Crippen LogP contribution in [0.3, 0.4) is 0 Å². The van der Waals surface area contributed by atoms with E-state index >= 15 is 0 Å². The van der Waals surface area contributed by atoms with Crippen molar-refractivity contribution in [3.8, 4) is 0 Å². The fourth-order valence-electron chi connectivity index (χ4n) is 1.85. The number of rotatable bonds is 3. The average molecular weight is 323 g/mol. The van der Waals surface area contributed by atoms with Gasteiger partial charge in [0.25, 0.3) is 5.56 Å². The number of halogens is 1. The summed E-state index contributed by atoms with van der Waals surface area (Å²) < 4.78 is 0.424. The molecule has 100 valence electrons. The summed E-state index contributed by atoms with van der Waals surface area (Å²) in [5.41, 5.74) is 7.38. The number of anilines is 2. The highest BCUT2D eigenvalue weighted by atomic mass is 79.9. The number of hydrogen-bond acceptors (Lipinski definition) is 4. The molecule has 0 bridgehead atoms. The fourth-order valence-corrected chi connectivity index (χ4v) is 2.34. The molecule has 1 unspecified atom stereocenters. The zero-order chi connectivity index (χ0) is 14.0. The maximum Gasteiger partial charge on any atom is 0.267 e. The van der Waals surface area contributed by atoms with Crippen LogP contribution in [-0.2, 0) is 0 Å². The van der Waals surface area contributed by atoms with Gasteiger partial charge in [-0.1, -0.05) is 12.1 Å². The Morgan fingerprint density at radius 2 is 2.21 bits per heavy atom. The van der Waals surface area contributed by atoms with Crippen molar-refractivity contribution in [3.05, 3.63) is 51.0 Å². The molecule has 0 aliphatic rings. The number of nitrogens with zero attached hydrogens (tertiary/aromatic N) is 2. The SMILES string of the molecule is CC(c1cccc(N)c1)N(C)c1nc[nH]c(=O)c1Br. The van der Waals surface area contributed by atoms with Crippen LogP contribution in [0.1, 0.15) is 18.5 Å². The van der Waals surface area contributed by atoms with Crippen molar-refractivity contribution < 1.29 is 0 Å². The third-order valence-electron chi connectivity index (χ3n) is 3.09. The smallest absolute Gasteiger partial charge is 0.267 e. The third-order valence-corrected chi connectivity index (χ3v) is 3.80. The Balaban J connectivity index is 2.36. The lowest BCUT2D eigenvalue weighted by Gasteiger charge is -2.26. The molecule has 1 aromatic carbocycles. The number of nitrogen functional groups attached to an aromatic ring is 1. The number of nitrogens with two attached hydrogens (primary N) is 1. The molecule has 1 aromatic heterocycles. The van der Waals surface area contributed by atoms with Crippen LogP contribution in [0.5, 0.6) is 0 Å². The molecule has 6 heteroatoms. The largest absolute Gasteiger partial charge is 0.399 e. The molecule has 1 atom stereocenters. The first kappa shape index (κ1) is 13.6. The molecule has 3 N–H and O–H groups in total. The topological polar surface area (TPSA) is 75.0 Å². The molecule has 5 nitrogen and oxygen atoms in total. The van der Waals surface area contributed by atoms with Crippen molar-refractivity contribution in [2.45, 2.75) is 13.0 Å². The van der Waals surface area contributed by atoms with Crippen LogP contribution in [0.4, 0.5) is 11.5 Å².